The third-order valence-electron chi connectivity index (χ3n) is 3.08. The Hall–Kier alpha value is -3.35. The van der Waals surface area contributed by atoms with Crippen LogP contribution in [0.2, 0.25) is 0 Å². The van der Waals surface area contributed by atoms with E-state index in [9.17, 15) is 13.6 Å². The molecular weight excluding hydrogens is 314 g/mol. The van der Waals surface area contributed by atoms with Crippen molar-refractivity contribution in [2.24, 2.45) is 0 Å². The Morgan fingerprint density at radius 1 is 0.875 bits per heavy atom. The number of nitrogens with zero attached hydrogens (tertiary/aromatic N) is 2. The van der Waals surface area contributed by atoms with Crippen LogP contribution in [0.15, 0.2) is 60.9 Å². The minimum atomic E-state index is -0.460. The van der Waals surface area contributed by atoms with Crippen molar-refractivity contribution < 1.29 is 13.6 Å². The van der Waals surface area contributed by atoms with E-state index in [4.69, 9.17) is 0 Å². The molecule has 1 amide bonds. The van der Waals surface area contributed by atoms with Crippen molar-refractivity contribution in [2.45, 2.75) is 0 Å². The summed E-state index contributed by atoms with van der Waals surface area (Å²) in [5, 5.41) is 5.37. The van der Waals surface area contributed by atoms with Crippen LogP contribution in [-0.4, -0.2) is 15.9 Å². The van der Waals surface area contributed by atoms with Gasteiger partial charge in [-0.2, -0.15) is 0 Å². The summed E-state index contributed by atoms with van der Waals surface area (Å²) in [6, 6.07) is 11.4. The molecule has 0 fully saturated rings. The molecule has 120 valence electrons. The van der Waals surface area contributed by atoms with E-state index in [1.165, 1.54) is 42.7 Å². The molecule has 5 nitrogen and oxygen atoms in total. The van der Waals surface area contributed by atoms with E-state index in [1.54, 1.807) is 18.2 Å². The molecule has 1 heterocycles. The van der Waals surface area contributed by atoms with E-state index >= 15 is 0 Å². The van der Waals surface area contributed by atoms with E-state index in [1.807, 2.05) is 0 Å². The zero-order valence-electron chi connectivity index (χ0n) is 12.3. The molecule has 0 saturated heterocycles. The number of aromatic nitrogens is 2. The van der Waals surface area contributed by atoms with Crippen LogP contribution < -0.4 is 10.6 Å². The summed E-state index contributed by atoms with van der Waals surface area (Å²) in [7, 11) is 0. The summed E-state index contributed by atoms with van der Waals surface area (Å²) in [6.45, 7) is 0. The van der Waals surface area contributed by atoms with Gasteiger partial charge in [-0.05, 0) is 36.4 Å². The summed E-state index contributed by atoms with van der Waals surface area (Å²) in [6.07, 6.45) is 2.65. The first-order valence-electron chi connectivity index (χ1n) is 7.02. The molecular formula is C17H12F2N4O. The van der Waals surface area contributed by atoms with Gasteiger partial charge in [0.15, 0.2) is 0 Å². The molecule has 0 atom stereocenters. The molecule has 0 aliphatic heterocycles. The first-order valence-corrected chi connectivity index (χ1v) is 7.02. The van der Waals surface area contributed by atoms with E-state index < -0.39 is 11.7 Å². The quantitative estimate of drug-likeness (QED) is 0.766. The van der Waals surface area contributed by atoms with Gasteiger partial charge in [-0.3, -0.25) is 4.79 Å². The fourth-order valence-corrected chi connectivity index (χ4v) is 1.97. The standard InChI is InChI=1S/C17H12F2N4O/c18-12-3-1-5-14(7-12)22-16(24)11-9-20-17(21-10-11)23-15-6-2-4-13(19)8-15/h1-10H,(H,22,24)(H,20,21,23). The van der Waals surface area contributed by atoms with Gasteiger partial charge >= 0.3 is 0 Å². The Labute approximate surface area is 136 Å². The highest BCUT2D eigenvalue weighted by Crippen LogP contribution is 2.14. The Morgan fingerprint density at radius 2 is 1.46 bits per heavy atom. The summed E-state index contributed by atoms with van der Waals surface area (Å²) in [5.41, 5.74) is 1.04. The van der Waals surface area contributed by atoms with Crippen LogP contribution in [0.5, 0.6) is 0 Å². The molecule has 3 rings (SSSR count). The zero-order chi connectivity index (χ0) is 16.9. The average Bonchev–Trinajstić information content (AvgIpc) is 2.55. The molecule has 0 unspecified atom stereocenters. The van der Waals surface area contributed by atoms with Gasteiger partial charge in [-0.1, -0.05) is 12.1 Å². The minimum absolute atomic E-state index is 0.212. The maximum atomic E-state index is 13.1. The highest BCUT2D eigenvalue weighted by Gasteiger charge is 2.08. The predicted molar refractivity (Wildman–Crippen MR) is 86.1 cm³/mol. The number of nitrogens with one attached hydrogen (secondary N) is 2. The van der Waals surface area contributed by atoms with E-state index in [0.717, 1.165) is 0 Å². The topological polar surface area (TPSA) is 66.9 Å². The van der Waals surface area contributed by atoms with Crippen molar-refractivity contribution in [1.29, 1.82) is 0 Å². The Balaban J connectivity index is 1.68. The second-order valence-electron chi connectivity index (χ2n) is 4.90. The molecule has 7 heteroatoms. The number of halogens is 2. The second-order valence-corrected chi connectivity index (χ2v) is 4.90. The third kappa shape index (κ3) is 3.89. The van der Waals surface area contributed by atoms with Gasteiger partial charge < -0.3 is 10.6 Å². The van der Waals surface area contributed by atoms with Gasteiger partial charge in [0.25, 0.3) is 5.91 Å². The van der Waals surface area contributed by atoms with Gasteiger partial charge in [-0.25, -0.2) is 18.7 Å². The number of amides is 1. The third-order valence-corrected chi connectivity index (χ3v) is 3.08. The number of rotatable bonds is 4. The van der Waals surface area contributed by atoms with Gasteiger partial charge in [0.1, 0.15) is 11.6 Å². The van der Waals surface area contributed by atoms with Crippen LogP contribution in [0.25, 0.3) is 0 Å². The molecule has 0 aliphatic rings. The summed E-state index contributed by atoms with van der Waals surface area (Å²) < 4.78 is 26.2. The summed E-state index contributed by atoms with van der Waals surface area (Å²) >= 11 is 0. The van der Waals surface area contributed by atoms with Crippen LogP contribution in [0.1, 0.15) is 10.4 Å². The lowest BCUT2D eigenvalue weighted by atomic mass is 10.2. The monoisotopic (exact) mass is 326 g/mol. The van der Waals surface area contributed by atoms with E-state index in [2.05, 4.69) is 20.6 Å². The molecule has 0 spiro atoms. The number of carbonyl (C=O) groups excluding carboxylic acids is 1. The van der Waals surface area contributed by atoms with E-state index in [0.29, 0.717) is 11.4 Å². The average molecular weight is 326 g/mol. The lowest BCUT2D eigenvalue weighted by molar-refractivity contribution is 0.102. The number of carbonyl (C=O) groups is 1. The van der Waals surface area contributed by atoms with Crippen LogP contribution in [-0.2, 0) is 0 Å². The minimum Gasteiger partial charge on any atom is -0.324 e. The van der Waals surface area contributed by atoms with Crippen molar-refractivity contribution in [3.05, 3.63) is 78.1 Å². The van der Waals surface area contributed by atoms with E-state index in [-0.39, 0.29) is 17.3 Å². The molecule has 3 aromatic rings. The fourth-order valence-electron chi connectivity index (χ4n) is 1.97. The fraction of sp³-hybridized carbons (Fsp3) is 0. The summed E-state index contributed by atoms with van der Waals surface area (Å²) in [4.78, 5) is 20.1. The normalized spacial score (nSPS) is 10.2. The van der Waals surface area contributed by atoms with Crippen molar-refractivity contribution in [1.82, 2.24) is 9.97 Å². The first-order chi connectivity index (χ1) is 11.6. The maximum absolute atomic E-state index is 13.1. The highest BCUT2D eigenvalue weighted by atomic mass is 19.1. The summed E-state index contributed by atoms with van der Waals surface area (Å²) in [5.74, 6) is -1.06. The van der Waals surface area contributed by atoms with Gasteiger partial charge in [0.2, 0.25) is 5.95 Å². The molecule has 1 aromatic heterocycles. The lowest BCUT2D eigenvalue weighted by Crippen LogP contribution is -2.13. The number of hydrogen-bond acceptors (Lipinski definition) is 4. The smallest absolute Gasteiger partial charge is 0.258 e. The molecule has 0 aliphatic carbocycles. The first kappa shape index (κ1) is 15.5. The van der Waals surface area contributed by atoms with Gasteiger partial charge in [0, 0.05) is 23.8 Å². The molecule has 24 heavy (non-hydrogen) atoms. The Bertz CT molecular complexity index is 868. The van der Waals surface area contributed by atoms with Crippen LogP contribution in [0, 0.1) is 11.6 Å². The van der Waals surface area contributed by atoms with Crippen LogP contribution >= 0.6 is 0 Å². The second kappa shape index (κ2) is 6.82. The van der Waals surface area contributed by atoms with Gasteiger partial charge in [0.05, 0.1) is 5.56 Å². The van der Waals surface area contributed by atoms with Crippen molar-refractivity contribution in [2.75, 3.05) is 10.6 Å². The molecule has 2 aromatic carbocycles. The van der Waals surface area contributed by atoms with Crippen molar-refractivity contribution >= 4 is 23.2 Å². The van der Waals surface area contributed by atoms with Crippen molar-refractivity contribution in [3.63, 3.8) is 0 Å². The van der Waals surface area contributed by atoms with Crippen molar-refractivity contribution in [3.8, 4) is 0 Å². The predicted octanol–water partition coefficient (Wildman–Crippen LogP) is 3.75. The Kier molecular flexibility index (Phi) is 4.42. The van der Waals surface area contributed by atoms with Crippen LogP contribution in [0.3, 0.4) is 0 Å². The molecule has 0 bridgehead atoms. The molecule has 2 N–H and O–H groups in total. The number of benzene rings is 2. The SMILES string of the molecule is O=C(Nc1cccc(F)c1)c1cnc(Nc2cccc(F)c2)nc1. The van der Waals surface area contributed by atoms with Gasteiger partial charge in [-0.15, -0.1) is 0 Å². The molecule has 0 radical (unpaired) electrons. The Morgan fingerprint density at radius 3 is 2.08 bits per heavy atom. The maximum Gasteiger partial charge on any atom is 0.258 e. The number of hydrogen-bond donors (Lipinski definition) is 2. The molecule has 0 saturated carbocycles. The van der Waals surface area contributed by atoms with Crippen LogP contribution in [0.4, 0.5) is 26.1 Å². The number of anilines is 3. The zero-order valence-corrected chi connectivity index (χ0v) is 12.3. The largest absolute Gasteiger partial charge is 0.324 e. The highest BCUT2D eigenvalue weighted by molar-refractivity contribution is 6.03. The lowest BCUT2D eigenvalue weighted by Gasteiger charge is -2.07.